The van der Waals surface area contributed by atoms with E-state index in [0.29, 0.717) is 21.0 Å². The molecule has 0 aliphatic heterocycles. The Balaban J connectivity index is 1.49. The quantitative estimate of drug-likeness (QED) is 0.338. The van der Waals surface area contributed by atoms with E-state index in [2.05, 4.69) is 9.97 Å². The maximum absolute atomic E-state index is 13.3. The molecule has 0 N–H and O–H groups in total. The second-order valence-electron chi connectivity index (χ2n) is 7.33. The monoisotopic (exact) mass is 476 g/mol. The number of anilines is 2. The van der Waals surface area contributed by atoms with Crippen molar-refractivity contribution in [3.05, 3.63) is 93.5 Å². The minimum absolute atomic E-state index is 0.149. The second-order valence-corrected chi connectivity index (χ2v) is 9.02. The van der Waals surface area contributed by atoms with Crippen molar-refractivity contribution in [3.8, 4) is 11.1 Å². The van der Waals surface area contributed by atoms with Gasteiger partial charge in [-0.15, -0.1) is 22.7 Å². The van der Waals surface area contributed by atoms with Gasteiger partial charge >= 0.3 is 0 Å². The fourth-order valence-electron chi connectivity index (χ4n) is 3.57. The van der Waals surface area contributed by atoms with Crippen LogP contribution in [-0.4, -0.2) is 20.4 Å². The smallest absolute Gasteiger partial charge is 0.263 e. The van der Waals surface area contributed by atoms with Crippen LogP contribution in [0.5, 0.6) is 0 Å². The lowest BCUT2D eigenvalue weighted by Gasteiger charge is -2.17. The van der Waals surface area contributed by atoms with Gasteiger partial charge < -0.3 is 0 Å². The van der Waals surface area contributed by atoms with Gasteiger partial charge in [-0.05, 0) is 29.8 Å². The van der Waals surface area contributed by atoms with Crippen molar-refractivity contribution in [2.45, 2.75) is 13.5 Å². The molecule has 0 spiro atoms. The van der Waals surface area contributed by atoms with Crippen LogP contribution in [0.2, 0.25) is 0 Å². The topological polar surface area (TPSA) is 68.1 Å². The number of benzene rings is 2. The fourth-order valence-corrected chi connectivity index (χ4v) is 5.36. The van der Waals surface area contributed by atoms with E-state index in [1.165, 1.54) is 52.6 Å². The van der Waals surface area contributed by atoms with Crippen molar-refractivity contribution in [1.29, 1.82) is 0 Å². The first kappa shape index (κ1) is 21.2. The lowest BCUT2D eigenvalue weighted by Crippen LogP contribution is -2.23. The molecule has 3 heterocycles. The van der Waals surface area contributed by atoms with Gasteiger partial charge in [-0.3, -0.25) is 19.1 Å². The number of thiophene rings is 1. The lowest BCUT2D eigenvalue weighted by molar-refractivity contribution is -0.115. The molecule has 2 aromatic carbocycles. The molecule has 0 atom stereocenters. The zero-order valence-electron chi connectivity index (χ0n) is 17.4. The Morgan fingerprint density at radius 1 is 1.06 bits per heavy atom. The third-order valence-electron chi connectivity index (χ3n) is 5.11. The summed E-state index contributed by atoms with van der Waals surface area (Å²) in [4.78, 5) is 36.8. The summed E-state index contributed by atoms with van der Waals surface area (Å²) in [7, 11) is 0. The highest BCUT2D eigenvalue weighted by Crippen LogP contribution is 2.31. The van der Waals surface area contributed by atoms with Crippen LogP contribution in [0.25, 0.3) is 21.3 Å². The van der Waals surface area contributed by atoms with Gasteiger partial charge in [0, 0.05) is 23.2 Å². The molecule has 5 aromatic rings. The highest BCUT2D eigenvalue weighted by molar-refractivity contribution is 7.17. The Hall–Kier alpha value is -3.69. The molecule has 0 bridgehead atoms. The maximum atomic E-state index is 13.3. The Kier molecular flexibility index (Phi) is 5.57. The number of hydrogen-bond acceptors (Lipinski definition) is 6. The van der Waals surface area contributed by atoms with E-state index in [4.69, 9.17) is 0 Å². The number of amides is 1. The zero-order chi connectivity index (χ0) is 22.9. The minimum atomic E-state index is -0.330. The molecule has 33 heavy (non-hydrogen) atoms. The van der Waals surface area contributed by atoms with E-state index in [1.54, 1.807) is 17.0 Å². The third-order valence-corrected chi connectivity index (χ3v) is 6.87. The average Bonchev–Trinajstić information content (AvgIpc) is 3.45. The number of carbonyl (C=O) groups is 1. The van der Waals surface area contributed by atoms with E-state index in [-0.39, 0.29) is 23.8 Å². The molecule has 6 nitrogen and oxygen atoms in total. The van der Waals surface area contributed by atoms with Gasteiger partial charge in [0.2, 0.25) is 5.91 Å². The van der Waals surface area contributed by atoms with Crippen LogP contribution in [0.4, 0.5) is 15.2 Å². The molecule has 9 heteroatoms. The van der Waals surface area contributed by atoms with Gasteiger partial charge in [-0.1, -0.05) is 30.3 Å². The molecule has 0 fully saturated rings. The summed E-state index contributed by atoms with van der Waals surface area (Å²) < 4.78 is 14.8. The van der Waals surface area contributed by atoms with Crippen molar-refractivity contribution in [1.82, 2.24) is 14.5 Å². The largest absolute Gasteiger partial charge is 0.293 e. The molecular weight excluding hydrogens is 459 g/mol. The Bertz CT molecular complexity index is 1510. The van der Waals surface area contributed by atoms with Crippen molar-refractivity contribution >= 4 is 49.6 Å². The summed E-state index contributed by atoms with van der Waals surface area (Å²) in [5.74, 6) is -0.479. The van der Waals surface area contributed by atoms with Crippen LogP contribution < -0.4 is 10.5 Å². The summed E-state index contributed by atoms with van der Waals surface area (Å²) in [6, 6.07) is 15.3. The second kappa shape index (κ2) is 8.68. The first-order valence-electron chi connectivity index (χ1n) is 10.0. The summed E-state index contributed by atoms with van der Waals surface area (Å²) >= 11 is 2.71. The van der Waals surface area contributed by atoms with Crippen LogP contribution in [0.3, 0.4) is 0 Å². The van der Waals surface area contributed by atoms with E-state index >= 15 is 0 Å². The third kappa shape index (κ3) is 4.08. The molecule has 5 rings (SSSR count). The van der Waals surface area contributed by atoms with Gasteiger partial charge in [0.15, 0.2) is 5.13 Å². The number of para-hydroxylation sites is 1. The highest BCUT2D eigenvalue weighted by Gasteiger charge is 2.19. The highest BCUT2D eigenvalue weighted by atomic mass is 32.1. The molecule has 0 aliphatic rings. The maximum Gasteiger partial charge on any atom is 0.263 e. The number of nitrogens with zero attached hydrogens (tertiary/aromatic N) is 4. The van der Waals surface area contributed by atoms with Gasteiger partial charge in [0.1, 0.15) is 10.6 Å². The first-order valence-corrected chi connectivity index (χ1v) is 11.8. The summed E-state index contributed by atoms with van der Waals surface area (Å²) in [5, 5.41) is 4.73. The van der Waals surface area contributed by atoms with Gasteiger partial charge in [-0.2, -0.15) is 0 Å². The zero-order valence-corrected chi connectivity index (χ0v) is 19.1. The summed E-state index contributed by atoms with van der Waals surface area (Å²) in [6.07, 6.45) is 1.51. The van der Waals surface area contributed by atoms with Crippen molar-refractivity contribution in [2.24, 2.45) is 0 Å². The number of halogens is 1. The number of thiazole rings is 1. The predicted octanol–water partition coefficient (Wildman–Crippen LogP) is 5.45. The Morgan fingerprint density at radius 2 is 1.82 bits per heavy atom. The van der Waals surface area contributed by atoms with E-state index in [1.807, 2.05) is 41.1 Å². The van der Waals surface area contributed by atoms with Gasteiger partial charge in [0.25, 0.3) is 5.56 Å². The first-order chi connectivity index (χ1) is 16.0. The van der Waals surface area contributed by atoms with E-state index < -0.39 is 0 Å². The number of fused-ring (bicyclic) bond motifs is 1. The molecule has 164 valence electrons. The van der Waals surface area contributed by atoms with Crippen molar-refractivity contribution < 1.29 is 9.18 Å². The molecular formula is C24H17FN4O2S2. The summed E-state index contributed by atoms with van der Waals surface area (Å²) in [5.41, 5.74) is 2.68. The average molecular weight is 477 g/mol. The van der Waals surface area contributed by atoms with Gasteiger partial charge in [-0.25, -0.2) is 14.4 Å². The molecule has 0 saturated carbocycles. The summed E-state index contributed by atoms with van der Waals surface area (Å²) in [6.45, 7) is 1.71. The Morgan fingerprint density at radius 3 is 2.55 bits per heavy atom. The number of aromatic nitrogens is 3. The van der Waals surface area contributed by atoms with E-state index in [0.717, 1.165) is 16.8 Å². The fraction of sp³-hybridized carbons (Fsp3) is 0.0833. The molecule has 0 saturated heterocycles. The molecule has 0 aliphatic carbocycles. The normalized spacial score (nSPS) is 11.1. The minimum Gasteiger partial charge on any atom is -0.293 e. The van der Waals surface area contributed by atoms with Crippen LogP contribution in [0.1, 0.15) is 12.6 Å². The SMILES string of the molecule is CC(=O)N(c1ccccc1)c1nc(Cn2cnc3scc(-c4ccc(F)cc4)c3c2=O)cs1. The number of rotatable bonds is 5. The van der Waals surface area contributed by atoms with Crippen LogP contribution in [0.15, 0.2) is 76.5 Å². The number of carbonyl (C=O) groups excluding carboxylic acids is 1. The molecule has 0 radical (unpaired) electrons. The van der Waals surface area contributed by atoms with E-state index in [9.17, 15) is 14.0 Å². The molecule has 3 aromatic heterocycles. The molecule has 1 amide bonds. The predicted molar refractivity (Wildman–Crippen MR) is 130 cm³/mol. The molecule has 0 unspecified atom stereocenters. The number of hydrogen-bond donors (Lipinski definition) is 0. The standard InChI is InChI=1S/C24H17FN4O2S2/c1-15(30)29(19-5-3-2-4-6-19)24-27-18(12-33-24)11-28-14-26-22-21(23(28)31)20(13-32-22)16-7-9-17(25)10-8-16/h2-10,12-14H,11H2,1H3. The lowest BCUT2D eigenvalue weighted by atomic mass is 10.1. The van der Waals surface area contributed by atoms with Crippen LogP contribution in [-0.2, 0) is 11.3 Å². The van der Waals surface area contributed by atoms with Gasteiger partial charge in [0.05, 0.1) is 29.6 Å². The van der Waals surface area contributed by atoms with Crippen molar-refractivity contribution in [2.75, 3.05) is 4.90 Å². The van der Waals surface area contributed by atoms with Crippen LogP contribution >= 0.6 is 22.7 Å². The van der Waals surface area contributed by atoms with Crippen LogP contribution in [0, 0.1) is 5.82 Å². The van der Waals surface area contributed by atoms with Crippen molar-refractivity contribution in [3.63, 3.8) is 0 Å². The Labute approximate surface area is 196 Å².